The van der Waals surface area contributed by atoms with Gasteiger partial charge < -0.3 is 0 Å². The molecule has 0 saturated carbocycles. The van der Waals surface area contributed by atoms with E-state index in [4.69, 9.17) is 4.99 Å². The molecule has 0 fully saturated rings. The van der Waals surface area contributed by atoms with Crippen molar-refractivity contribution < 1.29 is 0 Å². The normalized spacial score (nSPS) is 17.3. The molecule has 0 aliphatic carbocycles. The number of hydrogen-bond acceptors (Lipinski definition) is 2. The van der Waals surface area contributed by atoms with Gasteiger partial charge in [-0.1, -0.05) is 68.3 Å². The van der Waals surface area contributed by atoms with Gasteiger partial charge in [0.15, 0.2) is 0 Å². The van der Waals surface area contributed by atoms with Crippen molar-refractivity contribution in [2.45, 2.75) is 5.92 Å². The first-order chi connectivity index (χ1) is 11.7. The van der Waals surface area contributed by atoms with Crippen molar-refractivity contribution in [3.05, 3.63) is 86.8 Å². The highest BCUT2D eigenvalue weighted by Gasteiger charge is 2.41. The van der Waals surface area contributed by atoms with Crippen LogP contribution in [-0.2, 0) is 0 Å². The lowest BCUT2D eigenvalue weighted by Crippen LogP contribution is -2.22. The van der Waals surface area contributed by atoms with Gasteiger partial charge in [0.25, 0.3) is 0 Å². The third kappa shape index (κ3) is 2.03. The average Bonchev–Trinajstić information content (AvgIpc) is 3.08. The second kappa shape index (κ2) is 5.30. The summed E-state index contributed by atoms with van der Waals surface area (Å²) in [6, 6.07) is 23.3. The van der Waals surface area contributed by atoms with Crippen LogP contribution in [0.4, 0.5) is 17.1 Å². The molecular weight excluding hydrogens is 428 g/mol. The molecule has 0 bridgehead atoms. The van der Waals surface area contributed by atoms with E-state index in [9.17, 15) is 0 Å². The molecule has 3 aromatic carbocycles. The quantitative estimate of drug-likeness (QED) is 0.420. The number of hydrogen-bond donors (Lipinski definition) is 0. The molecular formula is C20H12Br2N2. The molecule has 1 unspecified atom stereocenters. The van der Waals surface area contributed by atoms with Crippen molar-refractivity contribution in [2.24, 2.45) is 4.99 Å². The van der Waals surface area contributed by atoms with Crippen LogP contribution in [0.2, 0.25) is 0 Å². The fourth-order valence-corrected chi connectivity index (χ4v) is 4.91. The minimum absolute atomic E-state index is 0.218. The van der Waals surface area contributed by atoms with Gasteiger partial charge in [-0.25, -0.2) is 4.99 Å². The predicted molar refractivity (Wildman–Crippen MR) is 106 cm³/mol. The highest BCUT2D eigenvalue weighted by atomic mass is 79.9. The van der Waals surface area contributed by atoms with Gasteiger partial charge in [-0.15, -0.1) is 0 Å². The van der Waals surface area contributed by atoms with Crippen LogP contribution in [-0.4, -0.2) is 5.84 Å². The van der Waals surface area contributed by atoms with Crippen LogP contribution < -0.4 is 4.90 Å². The van der Waals surface area contributed by atoms with Crippen LogP contribution in [0.5, 0.6) is 0 Å². The Labute approximate surface area is 157 Å². The first-order valence-electron chi connectivity index (χ1n) is 7.75. The Morgan fingerprint density at radius 3 is 2.25 bits per heavy atom. The van der Waals surface area contributed by atoms with E-state index in [0.717, 1.165) is 26.2 Å². The summed E-state index contributed by atoms with van der Waals surface area (Å²) in [6.45, 7) is 0. The lowest BCUT2D eigenvalue weighted by molar-refractivity contribution is 1.15. The van der Waals surface area contributed by atoms with Crippen LogP contribution in [0, 0.1) is 0 Å². The smallest absolute Gasteiger partial charge is 0.126 e. The summed E-state index contributed by atoms with van der Waals surface area (Å²) in [5.74, 6) is 1.30. The number of anilines is 2. The molecule has 4 heteroatoms. The van der Waals surface area contributed by atoms with Gasteiger partial charge in [-0.3, -0.25) is 4.90 Å². The summed E-state index contributed by atoms with van der Waals surface area (Å²) >= 11 is 7.21. The molecule has 1 atom stereocenters. The third-order valence-corrected chi connectivity index (χ3v) is 5.48. The molecule has 116 valence electrons. The van der Waals surface area contributed by atoms with Gasteiger partial charge in [0.05, 0.1) is 17.3 Å². The van der Waals surface area contributed by atoms with E-state index in [1.807, 2.05) is 6.07 Å². The minimum Gasteiger partial charge on any atom is -0.297 e. The number of aliphatic imine (C=N–C) groups is 1. The van der Waals surface area contributed by atoms with E-state index in [0.29, 0.717) is 0 Å². The molecule has 2 nitrogen and oxygen atoms in total. The van der Waals surface area contributed by atoms with E-state index < -0.39 is 0 Å². The van der Waals surface area contributed by atoms with Crippen molar-refractivity contribution in [3.63, 3.8) is 0 Å². The van der Waals surface area contributed by atoms with E-state index in [2.05, 4.69) is 97.4 Å². The Hall–Kier alpha value is -1.91. The van der Waals surface area contributed by atoms with Crippen molar-refractivity contribution in [2.75, 3.05) is 4.90 Å². The first-order valence-corrected chi connectivity index (χ1v) is 9.33. The third-order valence-electron chi connectivity index (χ3n) is 4.56. The maximum absolute atomic E-state index is 4.96. The minimum atomic E-state index is 0.218. The summed E-state index contributed by atoms with van der Waals surface area (Å²) in [7, 11) is 0. The zero-order valence-electron chi connectivity index (χ0n) is 12.6. The Morgan fingerprint density at radius 2 is 1.46 bits per heavy atom. The number of benzene rings is 3. The Balaban J connectivity index is 1.77. The van der Waals surface area contributed by atoms with Crippen LogP contribution in [0.3, 0.4) is 0 Å². The zero-order chi connectivity index (χ0) is 16.3. The number of fused-ring (bicyclic) bond motifs is 5. The van der Waals surface area contributed by atoms with Gasteiger partial charge in [0.1, 0.15) is 5.84 Å². The van der Waals surface area contributed by atoms with E-state index in [1.54, 1.807) is 0 Å². The Morgan fingerprint density at radius 1 is 0.792 bits per heavy atom. The number of para-hydroxylation sites is 2. The molecule has 3 aromatic rings. The Bertz CT molecular complexity index is 990. The molecule has 0 aromatic heterocycles. The molecule has 0 N–H and O–H groups in total. The number of nitrogens with zero attached hydrogens (tertiary/aromatic N) is 2. The maximum Gasteiger partial charge on any atom is 0.126 e. The van der Waals surface area contributed by atoms with Crippen molar-refractivity contribution >= 4 is 54.8 Å². The molecule has 0 amide bonds. The largest absolute Gasteiger partial charge is 0.297 e. The van der Waals surface area contributed by atoms with Crippen LogP contribution in [0.15, 0.2) is 80.7 Å². The van der Waals surface area contributed by atoms with Gasteiger partial charge in [-0.2, -0.15) is 0 Å². The SMILES string of the molecule is Brc1cc(Br)cc(N2C3=Nc4ccccc4C3c3ccccc32)c1. The summed E-state index contributed by atoms with van der Waals surface area (Å²) in [5.41, 5.74) is 6.00. The molecule has 0 saturated heterocycles. The fourth-order valence-electron chi connectivity index (χ4n) is 3.64. The molecule has 2 aliphatic rings. The summed E-state index contributed by atoms with van der Waals surface area (Å²) in [4.78, 5) is 7.23. The summed E-state index contributed by atoms with van der Waals surface area (Å²) < 4.78 is 2.09. The predicted octanol–water partition coefficient (Wildman–Crippen LogP) is 6.54. The molecule has 2 aliphatic heterocycles. The highest BCUT2D eigenvalue weighted by Crippen LogP contribution is 2.51. The van der Waals surface area contributed by atoms with Gasteiger partial charge >= 0.3 is 0 Å². The van der Waals surface area contributed by atoms with Gasteiger partial charge in [0.2, 0.25) is 0 Å². The molecule has 2 heterocycles. The number of rotatable bonds is 1. The van der Waals surface area contributed by atoms with Gasteiger partial charge in [-0.05, 0) is 41.5 Å². The maximum atomic E-state index is 4.96. The summed E-state index contributed by atoms with van der Waals surface area (Å²) in [6.07, 6.45) is 0. The topological polar surface area (TPSA) is 15.6 Å². The Kier molecular flexibility index (Phi) is 3.19. The standard InChI is InChI=1S/C20H12Br2N2/c21-12-9-13(22)11-14(10-12)24-18-8-4-2-6-16(18)19-15-5-1-3-7-17(15)23-20(19)24/h1-11,19H. The lowest BCUT2D eigenvalue weighted by Gasteiger charge is -2.21. The van der Waals surface area contributed by atoms with E-state index in [1.165, 1.54) is 16.8 Å². The molecule has 0 spiro atoms. The monoisotopic (exact) mass is 438 g/mol. The molecule has 5 rings (SSSR count). The molecule has 24 heavy (non-hydrogen) atoms. The number of halogens is 2. The zero-order valence-corrected chi connectivity index (χ0v) is 15.8. The van der Waals surface area contributed by atoms with Crippen molar-refractivity contribution in [1.82, 2.24) is 0 Å². The van der Waals surface area contributed by atoms with Crippen molar-refractivity contribution in [1.29, 1.82) is 0 Å². The second-order valence-corrected chi connectivity index (χ2v) is 7.82. The van der Waals surface area contributed by atoms with Gasteiger partial charge in [0, 0.05) is 14.6 Å². The number of amidine groups is 1. The average molecular weight is 440 g/mol. The van der Waals surface area contributed by atoms with Crippen molar-refractivity contribution in [3.8, 4) is 0 Å². The lowest BCUT2D eigenvalue weighted by atomic mass is 9.93. The summed E-state index contributed by atoms with van der Waals surface area (Å²) in [5, 5.41) is 0. The van der Waals surface area contributed by atoms with Crippen LogP contribution in [0.25, 0.3) is 0 Å². The highest BCUT2D eigenvalue weighted by molar-refractivity contribution is 9.11. The molecule has 0 radical (unpaired) electrons. The fraction of sp³-hybridized carbons (Fsp3) is 0.0500. The van der Waals surface area contributed by atoms with Crippen LogP contribution in [0.1, 0.15) is 17.0 Å². The van der Waals surface area contributed by atoms with Crippen LogP contribution >= 0.6 is 31.9 Å². The second-order valence-electron chi connectivity index (χ2n) is 5.98. The van der Waals surface area contributed by atoms with E-state index >= 15 is 0 Å². The first kappa shape index (κ1) is 14.4. The van der Waals surface area contributed by atoms with E-state index in [-0.39, 0.29) is 5.92 Å².